The van der Waals surface area contributed by atoms with Crippen molar-refractivity contribution in [1.29, 1.82) is 0 Å². The molecule has 0 heterocycles. The van der Waals surface area contributed by atoms with E-state index < -0.39 is 0 Å². The average molecular weight is 398 g/mol. The van der Waals surface area contributed by atoms with E-state index in [0.717, 1.165) is 11.1 Å². The molecule has 0 saturated carbocycles. The molecule has 0 bridgehead atoms. The molecule has 4 aromatic carbocycles. The van der Waals surface area contributed by atoms with Crippen molar-refractivity contribution in [2.24, 2.45) is 0 Å². The third-order valence-electron chi connectivity index (χ3n) is 4.72. The van der Waals surface area contributed by atoms with Gasteiger partial charge in [0.15, 0.2) is 0 Å². The molecule has 4 nitrogen and oxygen atoms in total. The van der Waals surface area contributed by atoms with Crippen LogP contribution in [0.3, 0.4) is 0 Å². The highest BCUT2D eigenvalue weighted by molar-refractivity contribution is 5.77. The van der Waals surface area contributed by atoms with Gasteiger partial charge in [0.1, 0.15) is 36.2 Å². The summed E-state index contributed by atoms with van der Waals surface area (Å²) >= 11 is 0. The Morgan fingerprint density at radius 3 is 1.30 bits per heavy atom. The van der Waals surface area contributed by atoms with Gasteiger partial charge in [-0.1, -0.05) is 60.7 Å². The Hall–Kier alpha value is -3.92. The van der Waals surface area contributed by atoms with Crippen molar-refractivity contribution in [2.45, 2.75) is 13.2 Å². The second-order valence-electron chi connectivity index (χ2n) is 6.91. The average Bonchev–Trinajstić information content (AvgIpc) is 2.79. The quantitative estimate of drug-likeness (QED) is 0.405. The lowest BCUT2D eigenvalue weighted by molar-refractivity contribution is 0.305. The topological polar surface area (TPSA) is 58.9 Å². The minimum absolute atomic E-state index is 0.0533. The van der Waals surface area contributed by atoms with Crippen molar-refractivity contribution in [2.75, 3.05) is 0 Å². The Kier molecular flexibility index (Phi) is 5.85. The number of aromatic hydroxyl groups is 2. The van der Waals surface area contributed by atoms with E-state index in [4.69, 9.17) is 9.47 Å². The molecule has 4 rings (SSSR count). The van der Waals surface area contributed by atoms with Crippen LogP contribution in [0.25, 0.3) is 11.1 Å². The van der Waals surface area contributed by atoms with E-state index >= 15 is 0 Å². The summed E-state index contributed by atoms with van der Waals surface area (Å²) < 4.78 is 11.7. The number of phenols is 2. The summed E-state index contributed by atoms with van der Waals surface area (Å²) in [5, 5.41) is 20.8. The molecule has 2 N–H and O–H groups in total. The van der Waals surface area contributed by atoms with E-state index in [-0.39, 0.29) is 11.5 Å². The zero-order valence-electron chi connectivity index (χ0n) is 16.4. The minimum Gasteiger partial charge on any atom is -0.507 e. The van der Waals surface area contributed by atoms with Gasteiger partial charge in [-0.2, -0.15) is 0 Å². The molecule has 4 heteroatoms. The van der Waals surface area contributed by atoms with E-state index in [0.29, 0.717) is 35.8 Å². The van der Waals surface area contributed by atoms with Crippen LogP contribution in [0.2, 0.25) is 0 Å². The molecule has 0 aliphatic rings. The monoisotopic (exact) mass is 398 g/mol. The maximum Gasteiger partial charge on any atom is 0.123 e. The highest BCUT2D eigenvalue weighted by atomic mass is 16.5. The molecule has 0 aromatic heterocycles. The lowest BCUT2D eigenvalue weighted by atomic mass is 10.0. The predicted molar refractivity (Wildman–Crippen MR) is 117 cm³/mol. The van der Waals surface area contributed by atoms with Gasteiger partial charge in [-0.15, -0.1) is 0 Å². The molecule has 0 atom stereocenters. The van der Waals surface area contributed by atoms with Gasteiger partial charge in [-0.25, -0.2) is 0 Å². The maximum atomic E-state index is 10.4. The Labute approximate surface area is 175 Å². The summed E-state index contributed by atoms with van der Waals surface area (Å²) in [6.07, 6.45) is 0. The number of hydrogen-bond donors (Lipinski definition) is 2. The summed E-state index contributed by atoms with van der Waals surface area (Å²) in [6, 6.07) is 29.7. The van der Waals surface area contributed by atoms with E-state index in [9.17, 15) is 10.2 Å². The molecule has 0 radical (unpaired) electrons. The zero-order chi connectivity index (χ0) is 20.8. The molecule has 150 valence electrons. The molecule has 0 aliphatic heterocycles. The van der Waals surface area contributed by atoms with Crippen LogP contribution in [0.15, 0.2) is 97.1 Å². The molecule has 0 saturated heterocycles. The van der Waals surface area contributed by atoms with Gasteiger partial charge in [0.25, 0.3) is 0 Å². The Morgan fingerprint density at radius 1 is 0.500 bits per heavy atom. The molecular formula is C26H22O4. The highest BCUT2D eigenvalue weighted by Crippen LogP contribution is 2.39. The van der Waals surface area contributed by atoms with Crippen LogP contribution in [0.5, 0.6) is 23.0 Å². The zero-order valence-corrected chi connectivity index (χ0v) is 16.4. The van der Waals surface area contributed by atoms with E-state index in [1.807, 2.05) is 60.7 Å². The van der Waals surface area contributed by atoms with E-state index in [1.165, 1.54) is 0 Å². The van der Waals surface area contributed by atoms with Gasteiger partial charge in [0.2, 0.25) is 0 Å². The molecule has 0 spiro atoms. The predicted octanol–water partition coefficient (Wildman–Crippen LogP) is 5.92. The third kappa shape index (κ3) is 4.73. The summed E-state index contributed by atoms with van der Waals surface area (Å²) in [6.45, 7) is 0.828. The molecule has 0 unspecified atom stereocenters. The molecule has 4 aromatic rings. The van der Waals surface area contributed by atoms with Gasteiger partial charge < -0.3 is 19.7 Å². The van der Waals surface area contributed by atoms with Gasteiger partial charge >= 0.3 is 0 Å². The van der Waals surface area contributed by atoms with Crippen LogP contribution in [-0.2, 0) is 13.2 Å². The first-order chi connectivity index (χ1) is 14.7. The third-order valence-corrected chi connectivity index (χ3v) is 4.72. The molecular weight excluding hydrogens is 376 g/mol. The second-order valence-corrected chi connectivity index (χ2v) is 6.91. The number of rotatable bonds is 7. The largest absolute Gasteiger partial charge is 0.507 e. The van der Waals surface area contributed by atoms with Crippen molar-refractivity contribution >= 4 is 0 Å². The van der Waals surface area contributed by atoms with Crippen molar-refractivity contribution in [3.63, 3.8) is 0 Å². The van der Waals surface area contributed by atoms with Gasteiger partial charge in [-0.3, -0.25) is 0 Å². The summed E-state index contributed by atoms with van der Waals surface area (Å²) in [7, 11) is 0. The Balaban J connectivity index is 1.54. The van der Waals surface area contributed by atoms with Crippen molar-refractivity contribution in [3.8, 4) is 34.1 Å². The molecule has 0 fully saturated rings. The molecule has 30 heavy (non-hydrogen) atoms. The first-order valence-corrected chi connectivity index (χ1v) is 9.69. The molecule has 0 amide bonds. The number of hydrogen-bond acceptors (Lipinski definition) is 4. The maximum absolute atomic E-state index is 10.4. The SMILES string of the molecule is Oc1ccc(OCc2ccccc2)cc1-c1cc(OCc2ccccc2)ccc1O. The Morgan fingerprint density at radius 2 is 0.900 bits per heavy atom. The van der Waals surface area contributed by atoms with Crippen LogP contribution in [-0.4, -0.2) is 10.2 Å². The minimum atomic E-state index is 0.0533. The van der Waals surface area contributed by atoms with Crippen LogP contribution in [0.4, 0.5) is 0 Å². The summed E-state index contributed by atoms with van der Waals surface area (Å²) in [5.74, 6) is 1.30. The number of ether oxygens (including phenoxy) is 2. The highest BCUT2D eigenvalue weighted by Gasteiger charge is 2.13. The van der Waals surface area contributed by atoms with Crippen LogP contribution in [0.1, 0.15) is 11.1 Å². The number of phenolic OH excluding ortho intramolecular Hbond substituents is 2. The van der Waals surface area contributed by atoms with E-state index in [1.54, 1.807) is 36.4 Å². The lowest BCUT2D eigenvalue weighted by Crippen LogP contribution is -1.96. The first kappa shape index (κ1) is 19.4. The van der Waals surface area contributed by atoms with Crippen LogP contribution >= 0.6 is 0 Å². The fraction of sp³-hybridized carbons (Fsp3) is 0.0769. The number of benzene rings is 4. The normalized spacial score (nSPS) is 10.5. The summed E-state index contributed by atoms with van der Waals surface area (Å²) in [5.41, 5.74) is 3.05. The van der Waals surface area contributed by atoms with Crippen molar-refractivity contribution < 1.29 is 19.7 Å². The van der Waals surface area contributed by atoms with Crippen molar-refractivity contribution in [1.82, 2.24) is 0 Å². The van der Waals surface area contributed by atoms with Gasteiger partial charge in [0.05, 0.1) is 0 Å². The van der Waals surface area contributed by atoms with Crippen LogP contribution in [0, 0.1) is 0 Å². The smallest absolute Gasteiger partial charge is 0.123 e. The molecule has 0 aliphatic carbocycles. The lowest BCUT2D eigenvalue weighted by Gasteiger charge is -2.13. The van der Waals surface area contributed by atoms with Gasteiger partial charge in [0, 0.05) is 11.1 Å². The summed E-state index contributed by atoms with van der Waals surface area (Å²) in [4.78, 5) is 0. The van der Waals surface area contributed by atoms with E-state index in [2.05, 4.69) is 0 Å². The standard InChI is InChI=1S/C26H22O4/c27-25-13-11-21(29-17-19-7-3-1-4-8-19)15-23(25)24-16-22(12-14-26(24)28)30-18-20-9-5-2-6-10-20/h1-16,27-28H,17-18H2. The fourth-order valence-corrected chi connectivity index (χ4v) is 3.12. The Bertz CT molecular complexity index is 1020. The van der Waals surface area contributed by atoms with Crippen LogP contribution < -0.4 is 9.47 Å². The second kappa shape index (κ2) is 9.05. The first-order valence-electron chi connectivity index (χ1n) is 9.69. The fourth-order valence-electron chi connectivity index (χ4n) is 3.12. The van der Waals surface area contributed by atoms with Crippen molar-refractivity contribution in [3.05, 3.63) is 108 Å². The van der Waals surface area contributed by atoms with Gasteiger partial charge in [-0.05, 0) is 47.5 Å².